The maximum Gasteiger partial charge on any atom is 0.134 e. The predicted molar refractivity (Wildman–Crippen MR) is 71.9 cm³/mol. The molecule has 1 aliphatic carbocycles. The molecule has 0 radical (unpaired) electrons. The van der Waals surface area contributed by atoms with Gasteiger partial charge in [0, 0.05) is 18.7 Å². The number of alkyl halides is 2. The van der Waals surface area contributed by atoms with Crippen LogP contribution < -0.4 is 0 Å². The third kappa shape index (κ3) is 5.15. The highest BCUT2D eigenvalue weighted by molar-refractivity contribution is 6.28. The Morgan fingerprint density at radius 1 is 1.35 bits per heavy atom. The van der Waals surface area contributed by atoms with Crippen molar-refractivity contribution in [1.82, 2.24) is 0 Å². The molecule has 0 aromatic carbocycles. The summed E-state index contributed by atoms with van der Waals surface area (Å²) in [6, 6.07) is 0. The van der Waals surface area contributed by atoms with Crippen molar-refractivity contribution < 1.29 is 9.53 Å². The van der Waals surface area contributed by atoms with Gasteiger partial charge in [0.2, 0.25) is 0 Å². The summed E-state index contributed by atoms with van der Waals surface area (Å²) in [6.07, 6.45) is 2.31. The number of ketones is 1. The normalized spacial score (nSPS) is 30.3. The van der Waals surface area contributed by atoms with Crippen LogP contribution in [-0.2, 0) is 9.53 Å². The van der Waals surface area contributed by atoms with Crippen LogP contribution in [0.3, 0.4) is 0 Å². The lowest BCUT2D eigenvalue weighted by Crippen LogP contribution is -2.39. The lowest BCUT2D eigenvalue weighted by Gasteiger charge is -2.41. The molecular formula is C13H22Cl2O2. The summed E-state index contributed by atoms with van der Waals surface area (Å²) in [5.74, 6) is 0.731. The van der Waals surface area contributed by atoms with Gasteiger partial charge in [0.1, 0.15) is 5.78 Å². The third-order valence-corrected chi connectivity index (χ3v) is 3.93. The maximum absolute atomic E-state index is 11.7. The van der Waals surface area contributed by atoms with Crippen molar-refractivity contribution in [2.45, 2.75) is 45.4 Å². The lowest BCUT2D eigenvalue weighted by molar-refractivity contribution is -0.130. The standard InChI is InChI=1S/C13H22Cl2O2/c1-12(2)4-11(16)5-13(3,8-12)9-17-7-10(15)6-14/h10H,4-9H2,1-3H3/t10-,13?/m1/s1. The van der Waals surface area contributed by atoms with E-state index in [2.05, 4.69) is 20.8 Å². The molecule has 0 N–H and O–H groups in total. The van der Waals surface area contributed by atoms with Gasteiger partial charge < -0.3 is 4.74 Å². The molecule has 0 heterocycles. The fourth-order valence-corrected chi connectivity index (χ4v) is 3.11. The minimum atomic E-state index is -0.146. The van der Waals surface area contributed by atoms with Crippen LogP contribution >= 0.6 is 23.2 Å². The van der Waals surface area contributed by atoms with Crippen molar-refractivity contribution in [2.24, 2.45) is 10.8 Å². The van der Waals surface area contributed by atoms with Crippen LogP contribution in [0.25, 0.3) is 0 Å². The molecule has 1 saturated carbocycles. The Bertz CT molecular complexity index is 279. The van der Waals surface area contributed by atoms with E-state index < -0.39 is 0 Å². The number of Topliss-reactive ketones (excluding diaryl/α,β-unsaturated/α-hetero) is 1. The summed E-state index contributed by atoms with van der Waals surface area (Å²) in [4.78, 5) is 11.7. The van der Waals surface area contributed by atoms with Crippen molar-refractivity contribution in [3.63, 3.8) is 0 Å². The van der Waals surface area contributed by atoms with Gasteiger partial charge in [-0.3, -0.25) is 4.79 Å². The molecule has 0 bridgehead atoms. The molecule has 0 aromatic heterocycles. The second-order valence-corrected chi connectivity index (χ2v) is 7.24. The van der Waals surface area contributed by atoms with E-state index in [1.165, 1.54) is 0 Å². The van der Waals surface area contributed by atoms with Gasteiger partial charge in [-0.25, -0.2) is 0 Å². The van der Waals surface area contributed by atoms with E-state index in [4.69, 9.17) is 27.9 Å². The summed E-state index contributed by atoms with van der Waals surface area (Å²) in [6.45, 7) is 7.45. The Kier molecular flexibility index (Phi) is 5.30. The summed E-state index contributed by atoms with van der Waals surface area (Å²) in [5.41, 5.74) is 0.0298. The molecule has 0 amide bonds. The zero-order chi connectivity index (χ0) is 13.1. The molecule has 1 fully saturated rings. The number of halogens is 2. The second kappa shape index (κ2) is 5.90. The summed E-state index contributed by atoms with van der Waals surface area (Å²) < 4.78 is 5.60. The molecule has 1 rings (SSSR count). The van der Waals surface area contributed by atoms with E-state index in [1.807, 2.05) is 0 Å². The van der Waals surface area contributed by atoms with E-state index in [1.54, 1.807) is 0 Å². The number of ether oxygens (including phenoxy) is 1. The molecule has 2 atom stereocenters. The highest BCUT2D eigenvalue weighted by Crippen LogP contribution is 2.44. The second-order valence-electron chi connectivity index (χ2n) is 6.31. The monoisotopic (exact) mass is 280 g/mol. The molecule has 4 heteroatoms. The number of rotatable bonds is 5. The molecule has 2 nitrogen and oxygen atoms in total. The van der Waals surface area contributed by atoms with Crippen molar-refractivity contribution in [3.05, 3.63) is 0 Å². The number of carbonyl (C=O) groups excluding carboxylic acids is 1. The summed E-state index contributed by atoms with van der Waals surface area (Å²) in [5, 5.41) is -0.146. The first-order chi connectivity index (χ1) is 7.76. The van der Waals surface area contributed by atoms with Gasteiger partial charge in [-0.1, -0.05) is 20.8 Å². The van der Waals surface area contributed by atoms with Crippen LogP contribution in [0.5, 0.6) is 0 Å². The Morgan fingerprint density at radius 3 is 2.53 bits per heavy atom. The van der Waals surface area contributed by atoms with E-state index in [-0.39, 0.29) is 16.2 Å². The first kappa shape index (κ1) is 15.3. The third-order valence-electron chi connectivity index (χ3n) is 3.12. The summed E-state index contributed by atoms with van der Waals surface area (Å²) in [7, 11) is 0. The summed E-state index contributed by atoms with van der Waals surface area (Å²) >= 11 is 11.5. The quantitative estimate of drug-likeness (QED) is 0.719. The molecule has 100 valence electrons. The van der Waals surface area contributed by atoms with Gasteiger partial charge in [-0.15, -0.1) is 23.2 Å². The fraction of sp³-hybridized carbons (Fsp3) is 0.923. The van der Waals surface area contributed by atoms with Crippen LogP contribution in [0.15, 0.2) is 0 Å². The number of carbonyl (C=O) groups is 1. The minimum Gasteiger partial charge on any atom is -0.379 e. The SMILES string of the molecule is CC1(C)CC(=O)CC(C)(COC[C@H](Cl)CCl)C1. The largest absolute Gasteiger partial charge is 0.379 e. The van der Waals surface area contributed by atoms with Crippen LogP contribution in [-0.4, -0.2) is 30.3 Å². The average molecular weight is 281 g/mol. The van der Waals surface area contributed by atoms with E-state index in [9.17, 15) is 4.79 Å². The van der Waals surface area contributed by atoms with E-state index in [0.29, 0.717) is 37.7 Å². The zero-order valence-electron chi connectivity index (χ0n) is 10.9. The number of hydrogen-bond acceptors (Lipinski definition) is 2. The molecule has 0 aromatic rings. The minimum absolute atomic E-state index is 0.0538. The van der Waals surface area contributed by atoms with Crippen LogP contribution in [0.1, 0.15) is 40.0 Å². The molecule has 0 saturated heterocycles. The maximum atomic E-state index is 11.7. The lowest BCUT2D eigenvalue weighted by atomic mass is 9.64. The molecule has 0 spiro atoms. The van der Waals surface area contributed by atoms with Crippen molar-refractivity contribution in [2.75, 3.05) is 19.1 Å². The fourth-order valence-electron chi connectivity index (χ4n) is 2.93. The Morgan fingerprint density at radius 2 is 2.00 bits per heavy atom. The zero-order valence-corrected chi connectivity index (χ0v) is 12.4. The van der Waals surface area contributed by atoms with Gasteiger partial charge in [-0.2, -0.15) is 0 Å². The van der Waals surface area contributed by atoms with Gasteiger partial charge in [-0.05, 0) is 17.3 Å². The number of hydrogen-bond donors (Lipinski definition) is 0. The van der Waals surface area contributed by atoms with Crippen LogP contribution in [0, 0.1) is 10.8 Å². The van der Waals surface area contributed by atoms with E-state index in [0.717, 1.165) is 6.42 Å². The van der Waals surface area contributed by atoms with Crippen molar-refractivity contribution in [3.8, 4) is 0 Å². The highest BCUT2D eigenvalue weighted by Gasteiger charge is 2.40. The predicted octanol–water partition coefficient (Wildman–Crippen LogP) is 3.63. The Labute approximate surface area is 114 Å². The molecule has 1 unspecified atom stereocenters. The molecule has 0 aliphatic heterocycles. The van der Waals surface area contributed by atoms with Gasteiger partial charge >= 0.3 is 0 Å². The topological polar surface area (TPSA) is 26.3 Å². The molecule has 1 aliphatic rings. The van der Waals surface area contributed by atoms with Gasteiger partial charge in [0.05, 0.1) is 18.6 Å². The Hall–Kier alpha value is 0.210. The first-order valence-electron chi connectivity index (χ1n) is 6.06. The molecule has 17 heavy (non-hydrogen) atoms. The Balaban J connectivity index is 2.47. The van der Waals surface area contributed by atoms with Gasteiger partial charge in [0.25, 0.3) is 0 Å². The smallest absolute Gasteiger partial charge is 0.134 e. The van der Waals surface area contributed by atoms with Crippen LogP contribution in [0.2, 0.25) is 0 Å². The van der Waals surface area contributed by atoms with Crippen molar-refractivity contribution in [1.29, 1.82) is 0 Å². The van der Waals surface area contributed by atoms with E-state index >= 15 is 0 Å². The molecular weight excluding hydrogens is 259 g/mol. The van der Waals surface area contributed by atoms with Gasteiger partial charge in [0.15, 0.2) is 0 Å². The van der Waals surface area contributed by atoms with Crippen LogP contribution in [0.4, 0.5) is 0 Å². The highest BCUT2D eigenvalue weighted by atomic mass is 35.5. The first-order valence-corrected chi connectivity index (χ1v) is 7.03. The van der Waals surface area contributed by atoms with Crippen molar-refractivity contribution >= 4 is 29.0 Å². The average Bonchev–Trinajstić information content (AvgIpc) is 2.12.